The minimum absolute atomic E-state index is 0.483. The number of aromatic nitrogens is 1. The molecule has 1 fully saturated rings. The van der Waals surface area contributed by atoms with Crippen LogP contribution in [0.25, 0.3) is 0 Å². The van der Waals surface area contributed by atoms with E-state index in [2.05, 4.69) is 39.6 Å². The molecule has 1 aliphatic heterocycles. The van der Waals surface area contributed by atoms with Gasteiger partial charge in [0.05, 0.1) is 0 Å². The lowest BCUT2D eigenvalue weighted by atomic mass is 10.1. The number of pyridine rings is 1. The largest absolute Gasteiger partial charge is 0.314 e. The molecule has 0 radical (unpaired) electrons. The third-order valence-electron chi connectivity index (χ3n) is 3.49. The summed E-state index contributed by atoms with van der Waals surface area (Å²) in [6.45, 7) is 8.80. The van der Waals surface area contributed by atoms with Gasteiger partial charge in [0.15, 0.2) is 0 Å². The SMILES string of the molecule is CCN1CCNCC(Cc2ccccn2)NCC1. The minimum Gasteiger partial charge on any atom is -0.314 e. The van der Waals surface area contributed by atoms with Crippen LogP contribution >= 0.6 is 0 Å². The molecule has 0 amide bonds. The van der Waals surface area contributed by atoms with Gasteiger partial charge in [0.1, 0.15) is 0 Å². The monoisotopic (exact) mass is 248 g/mol. The van der Waals surface area contributed by atoms with Crippen molar-refractivity contribution in [3.8, 4) is 0 Å². The molecule has 1 aliphatic rings. The van der Waals surface area contributed by atoms with Crippen LogP contribution < -0.4 is 10.6 Å². The van der Waals surface area contributed by atoms with Crippen molar-refractivity contribution in [2.45, 2.75) is 19.4 Å². The maximum Gasteiger partial charge on any atom is 0.0419 e. The molecule has 1 aromatic rings. The van der Waals surface area contributed by atoms with Gasteiger partial charge in [-0.05, 0) is 18.7 Å². The number of rotatable bonds is 3. The summed E-state index contributed by atoms with van der Waals surface area (Å²) in [7, 11) is 0. The van der Waals surface area contributed by atoms with Gasteiger partial charge in [0, 0.05) is 57.1 Å². The molecule has 0 spiro atoms. The van der Waals surface area contributed by atoms with Crippen molar-refractivity contribution in [1.82, 2.24) is 20.5 Å². The lowest BCUT2D eigenvalue weighted by molar-refractivity contribution is 0.294. The van der Waals surface area contributed by atoms with Crippen LogP contribution in [-0.4, -0.2) is 55.2 Å². The molecule has 1 unspecified atom stereocenters. The fraction of sp³-hybridized carbons (Fsp3) is 0.643. The predicted octanol–water partition coefficient (Wildman–Crippen LogP) is 0.507. The first kappa shape index (κ1) is 13.5. The Morgan fingerprint density at radius 2 is 2.22 bits per heavy atom. The van der Waals surface area contributed by atoms with E-state index in [9.17, 15) is 0 Å². The zero-order valence-corrected chi connectivity index (χ0v) is 11.2. The molecular formula is C14H24N4. The number of nitrogens with zero attached hydrogens (tertiary/aromatic N) is 2. The Labute approximate surface area is 110 Å². The average Bonchev–Trinajstić information content (AvgIpc) is 2.52. The Bertz CT molecular complexity index is 328. The molecule has 0 saturated carbocycles. The van der Waals surface area contributed by atoms with Crippen LogP contribution in [0.4, 0.5) is 0 Å². The second-order valence-electron chi connectivity index (χ2n) is 4.81. The van der Waals surface area contributed by atoms with Gasteiger partial charge in [-0.2, -0.15) is 0 Å². The standard InChI is InChI=1S/C14H24N4/c1-2-18-9-7-15-12-14(17-8-10-18)11-13-5-3-4-6-16-13/h3-6,14-15,17H,2,7-12H2,1H3. The molecule has 0 aliphatic carbocycles. The Hall–Kier alpha value is -0.970. The van der Waals surface area contributed by atoms with Crippen LogP contribution in [0.5, 0.6) is 0 Å². The maximum absolute atomic E-state index is 4.40. The lowest BCUT2D eigenvalue weighted by Crippen LogP contribution is -2.41. The predicted molar refractivity (Wildman–Crippen MR) is 74.7 cm³/mol. The Balaban J connectivity index is 1.85. The van der Waals surface area contributed by atoms with E-state index < -0.39 is 0 Å². The van der Waals surface area contributed by atoms with E-state index >= 15 is 0 Å². The van der Waals surface area contributed by atoms with E-state index in [0.717, 1.165) is 45.7 Å². The van der Waals surface area contributed by atoms with Gasteiger partial charge in [0.2, 0.25) is 0 Å². The Morgan fingerprint density at radius 1 is 1.33 bits per heavy atom. The van der Waals surface area contributed by atoms with E-state index in [1.54, 1.807) is 0 Å². The van der Waals surface area contributed by atoms with Crippen molar-refractivity contribution in [3.05, 3.63) is 30.1 Å². The molecule has 4 heteroatoms. The van der Waals surface area contributed by atoms with Crippen LogP contribution in [-0.2, 0) is 6.42 Å². The van der Waals surface area contributed by atoms with Crippen LogP contribution in [0.1, 0.15) is 12.6 Å². The summed E-state index contributed by atoms with van der Waals surface area (Å²) >= 11 is 0. The van der Waals surface area contributed by atoms with E-state index in [4.69, 9.17) is 0 Å². The summed E-state index contributed by atoms with van der Waals surface area (Å²) in [6.07, 6.45) is 2.87. The molecule has 0 bridgehead atoms. The second kappa shape index (κ2) is 7.46. The first-order valence-corrected chi connectivity index (χ1v) is 6.95. The molecular weight excluding hydrogens is 224 g/mol. The van der Waals surface area contributed by atoms with E-state index in [0.29, 0.717) is 6.04 Å². The number of hydrogen-bond donors (Lipinski definition) is 2. The minimum atomic E-state index is 0.483. The zero-order valence-electron chi connectivity index (χ0n) is 11.2. The number of hydrogen-bond acceptors (Lipinski definition) is 4. The van der Waals surface area contributed by atoms with Gasteiger partial charge in [-0.25, -0.2) is 0 Å². The number of nitrogens with one attached hydrogen (secondary N) is 2. The van der Waals surface area contributed by atoms with Gasteiger partial charge >= 0.3 is 0 Å². The maximum atomic E-state index is 4.40. The first-order valence-electron chi connectivity index (χ1n) is 6.95. The highest BCUT2D eigenvalue weighted by Crippen LogP contribution is 2.00. The average molecular weight is 248 g/mol. The fourth-order valence-corrected chi connectivity index (χ4v) is 2.36. The van der Waals surface area contributed by atoms with Crippen molar-refractivity contribution in [1.29, 1.82) is 0 Å². The normalized spacial score (nSPS) is 23.1. The smallest absolute Gasteiger partial charge is 0.0419 e. The van der Waals surface area contributed by atoms with Gasteiger partial charge in [-0.15, -0.1) is 0 Å². The molecule has 4 nitrogen and oxygen atoms in total. The zero-order chi connectivity index (χ0) is 12.6. The second-order valence-corrected chi connectivity index (χ2v) is 4.81. The summed E-state index contributed by atoms with van der Waals surface area (Å²) in [5.41, 5.74) is 1.17. The van der Waals surface area contributed by atoms with Gasteiger partial charge in [-0.3, -0.25) is 4.98 Å². The summed E-state index contributed by atoms with van der Waals surface area (Å²) in [4.78, 5) is 6.88. The van der Waals surface area contributed by atoms with Gasteiger partial charge in [0.25, 0.3) is 0 Å². The molecule has 2 heterocycles. The molecule has 18 heavy (non-hydrogen) atoms. The van der Waals surface area contributed by atoms with Crippen molar-refractivity contribution in [2.75, 3.05) is 39.3 Å². The highest BCUT2D eigenvalue weighted by Gasteiger charge is 2.12. The molecule has 2 rings (SSSR count). The summed E-state index contributed by atoms with van der Waals surface area (Å²) in [5.74, 6) is 0. The van der Waals surface area contributed by atoms with Gasteiger partial charge in [-0.1, -0.05) is 13.0 Å². The van der Waals surface area contributed by atoms with E-state index in [1.165, 1.54) is 5.69 Å². The van der Waals surface area contributed by atoms with Crippen molar-refractivity contribution < 1.29 is 0 Å². The molecule has 2 N–H and O–H groups in total. The number of likely N-dealkylation sites (N-methyl/N-ethyl adjacent to an activating group) is 1. The molecule has 100 valence electrons. The summed E-state index contributed by atoms with van der Waals surface area (Å²) < 4.78 is 0. The highest BCUT2D eigenvalue weighted by molar-refractivity contribution is 5.05. The van der Waals surface area contributed by atoms with Crippen molar-refractivity contribution in [2.24, 2.45) is 0 Å². The fourth-order valence-electron chi connectivity index (χ4n) is 2.36. The third kappa shape index (κ3) is 4.37. The summed E-state index contributed by atoms with van der Waals surface area (Å²) in [6, 6.07) is 6.62. The van der Waals surface area contributed by atoms with E-state index in [1.807, 2.05) is 12.3 Å². The molecule has 1 aromatic heterocycles. The Morgan fingerprint density at radius 3 is 3.00 bits per heavy atom. The first-order chi connectivity index (χ1) is 8.88. The lowest BCUT2D eigenvalue weighted by Gasteiger charge is -2.19. The Kier molecular flexibility index (Phi) is 5.58. The van der Waals surface area contributed by atoms with Gasteiger partial charge < -0.3 is 15.5 Å². The van der Waals surface area contributed by atoms with E-state index in [-0.39, 0.29) is 0 Å². The van der Waals surface area contributed by atoms with Crippen molar-refractivity contribution in [3.63, 3.8) is 0 Å². The highest BCUT2D eigenvalue weighted by atomic mass is 15.2. The molecule has 1 atom stereocenters. The summed E-state index contributed by atoms with van der Waals surface area (Å²) in [5, 5.41) is 7.16. The van der Waals surface area contributed by atoms with Crippen LogP contribution in [0.3, 0.4) is 0 Å². The molecule has 1 saturated heterocycles. The van der Waals surface area contributed by atoms with Crippen LogP contribution in [0.15, 0.2) is 24.4 Å². The topological polar surface area (TPSA) is 40.2 Å². The third-order valence-corrected chi connectivity index (χ3v) is 3.49. The van der Waals surface area contributed by atoms with Crippen LogP contribution in [0.2, 0.25) is 0 Å². The van der Waals surface area contributed by atoms with Crippen LogP contribution in [0, 0.1) is 0 Å². The molecule has 0 aromatic carbocycles. The van der Waals surface area contributed by atoms with Crippen molar-refractivity contribution >= 4 is 0 Å². The quantitative estimate of drug-likeness (QED) is 0.817.